The van der Waals surface area contributed by atoms with Gasteiger partial charge in [-0.3, -0.25) is 0 Å². The van der Waals surface area contributed by atoms with Crippen molar-refractivity contribution in [3.8, 4) is 5.75 Å². The molecule has 2 aromatic carbocycles. The maximum atomic E-state index is 12.5. The summed E-state index contributed by atoms with van der Waals surface area (Å²) in [5.41, 5.74) is -0.220. The minimum Gasteiger partial charge on any atom is -0.483 e. The molecule has 0 radical (unpaired) electrons. The van der Waals surface area contributed by atoms with E-state index < -0.39 is 31.1 Å². The predicted octanol–water partition coefficient (Wildman–Crippen LogP) is 4.08. The van der Waals surface area contributed by atoms with Crippen LogP contribution in [0.3, 0.4) is 0 Å². The number of halogens is 3. The summed E-state index contributed by atoms with van der Waals surface area (Å²) in [6.45, 7) is 6.49. The van der Waals surface area contributed by atoms with Crippen LogP contribution in [0.1, 0.15) is 27.7 Å². The highest BCUT2D eigenvalue weighted by Gasteiger charge is 2.52. The van der Waals surface area contributed by atoms with Crippen molar-refractivity contribution in [2.45, 2.75) is 45.1 Å². The van der Waals surface area contributed by atoms with Crippen LogP contribution >= 0.6 is 0 Å². The van der Waals surface area contributed by atoms with Crippen LogP contribution < -0.4 is 10.2 Å². The zero-order valence-corrected chi connectivity index (χ0v) is 14.6. The van der Waals surface area contributed by atoms with E-state index in [1.54, 1.807) is 18.2 Å². The third-order valence-electron chi connectivity index (χ3n) is 4.82. The van der Waals surface area contributed by atoms with Crippen molar-refractivity contribution in [2.75, 3.05) is 6.61 Å². The van der Waals surface area contributed by atoms with Crippen molar-refractivity contribution in [3.05, 3.63) is 36.4 Å². The number of rotatable bonds is 3. The molecule has 1 aliphatic rings. The summed E-state index contributed by atoms with van der Waals surface area (Å²) >= 11 is 0. The van der Waals surface area contributed by atoms with Gasteiger partial charge >= 0.3 is 13.3 Å². The maximum absolute atomic E-state index is 12.5. The van der Waals surface area contributed by atoms with Crippen LogP contribution in [-0.4, -0.2) is 31.1 Å². The molecule has 0 unspecified atom stereocenters. The molecular formula is C18H20BF3O3. The molecule has 25 heavy (non-hydrogen) atoms. The van der Waals surface area contributed by atoms with Gasteiger partial charge in [0.1, 0.15) is 5.75 Å². The van der Waals surface area contributed by atoms with E-state index in [0.717, 1.165) is 10.8 Å². The Kier molecular flexibility index (Phi) is 4.28. The van der Waals surface area contributed by atoms with E-state index in [9.17, 15) is 13.2 Å². The summed E-state index contributed by atoms with van der Waals surface area (Å²) < 4.78 is 54.5. The highest BCUT2D eigenvalue weighted by molar-refractivity contribution is 6.65. The number of hydrogen-bond acceptors (Lipinski definition) is 3. The fraction of sp³-hybridized carbons (Fsp3) is 0.444. The minimum atomic E-state index is -4.38. The van der Waals surface area contributed by atoms with E-state index in [1.165, 1.54) is 6.07 Å². The highest BCUT2D eigenvalue weighted by atomic mass is 19.4. The van der Waals surface area contributed by atoms with Crippen LogP contribution in [0, 0.1) is 0 Å². The maximum Gasteiger partial charge on any atom is 0.495 e. The summed E-state index contributed by atoms with van der Waals surface area (Å²) in [7, 11) is -0.591. The molecule has 0 aromatic heterocycles. The van der Waals surface area contributed by atoms with Crippen molar-refractivity contribution < 1.29 is 27.2 Å². The van der Waals surface area contributed by atoms with Gasteiger partial charge in [0.05, 0.1) is 11.2 Å². The number of ether oxygens (including phenoxy) is 1. The number of alkyl halides is 3. The molecule has 3 nitrogen and oxygen atoms in total. The Hall–Kier alpha value is -1.73. The molecule has 7 heteroatoms. The van der Waals surface area contributed by atoms with Gasteiger partial charge in [0.15, 0.2) is 6.61 Å². The molecular weight excluding hydrogens is 332 g/mol. The topological polar surface area (TPSA) is 27.7 Å². The van der Waals surface area contributed by atoms with Gasteiger partial charge in [0, 0.05) is 5.39 Å². The monoisotopic (exact) mass is 352 g/mol. The van der Waals surface area contributed by atoms with Crippen molar-refractivity contribution >= 4 is 23.4 Å². The Morgan fingerprint density at radius 2 is 1.48 bits per heavy atom. The van der Waals surface area contributed by atoms with Gasteiger partial charge < -0.3 is 14.0 Å². The zero-order chi connectivity index (χ0) is 18.5. The predicted molar refractivity (Wildman–Crippen MR) is 91.2 cm³/mol. The van der Waals surface area contributed by atoms with Crippen LogP contribution in [-0.2, 0) is 9.31 Å². The van der Waals surface area contributed by atoms with Crippen molar-refractivity contribution in [1.29, 1.82) is 0 Å². The average molecular weight is 352 g/mol. The SMILES string of the molecule is CC1(C)OB(c2ccc(OCC(F)(F)F)c3ccccc23)OC1(C)C. The zero-order valence-electron chi connectivity index (χ0n) is 14.6. The average Bonchev–Trinajstić information content (AvgIpc) is 2.72. The van der Waals surface area contributed by atoms with E-state index in [2.05, 4.69) is 0 Å². The second kappa shape index (κ2) is 5.92. The van der Waals surface area contributed by atoms with Gasteiger partial charge in [-0.1, -0.05) is 30.3 Å². The van der Waals surface area contributed by atoms with E-state index in [0.29, 0.717) is 5.39 Å². The molecule has 0 amide bonds. The molecule has 0 N–H and O–H groups in total. The molecule has 1 heterocycles. The van der Waals surface area contributed by atoms with Crippen LogP contribution in [0.2, 0.25) is 0 Å². The Labute approximate surface area is 145 Å². The van der Waals surface area contributed by atoms with Crippen molar-refractivity contribution in [2.24, 2.45) is 0 Å². The Morgan fingerprint density at radius 3 is 2.04 bits per heavy atom. The lowest BCUT2D eigenvalue weighted by atomic mass is 9.76. The van der Waals surface area contributed by atoms with E-state index >= 15 is 0 Å². The van der Waals surface area contributed by atoms with Gasteiger partial charge in [-0.05, 0) is 44.6 Å². The third-order valence-corrected chi connectivity index (χ3v) is 4.82. The van der Waals surface area contributed by atoms with Gasteiger partial charge in [-0.15, -0.1) is 0 Å². The Bertz CT molecular complexity index is 771. The smallest absolute Gasteiger partial charge is 0.483 e. The van der Waals surface area contributed by atoms with Crippen LogP contribution in [0.15, 0.2) is 36.4 Å². The van der Waals surface area contributed by atoms with Crippen molar-refractivity contribution in [3.63, 3.8) is 0 Å². The summed E-state index contributed by atoms with van der Waals surface area (Å²) in [5.74, 6) is 0.188. The molecule has 134 valence electrons. The standard InChI is InChI=1S/C18H20BF3O3/c1-16(2)17(3,4)25-19(24-16)14-9-10-15(23-11-18(20,21)22)13-8-6-5-7-12(13)14/h5-10H,11H2,1-4H3. The van der Waals surface area contributed by atoms with E-state index in [1.807, 2.05) is 39.8 Å². The third kappa shape index (κ3) is 3.48. The first-order chi connectivity index (χ1) is 11.5. The minimum absolute atomic E-state index is 0.188. The fourth-order valence-electron chi connectivity index (χ4n) is 2.76. The lowest BCUT2D eigenvalue weighted by Crippen LogP contribution is -2.41. The first kappa shape index (κ1) is 18.1. The first-order valence-electron chi connectivity index (χ1n) is 8.07. The number of benzene rings is 2. The molecule has 2 aromatic rings. The van der Waals surface area contributed by atoms with Gasteiger partial charge in [0.2, 0.25) is 0 Å². The second-order valence-corrected chi connectivity index (χ2v) is 7.19. The number of hydrogen-bond donors (Lipinski definition) is 0. The molecule has 3 rings (SSSR count). The molecule has 0 saturated carbocycles. The molecule has 1 saturated heterocycles. The first-order valence-corrected chi connectivity index (χ1v) is 8.07. The lowest BCUT2D eigenvalue weighted by Gasteiger charge is -2.32. The normalized spacial score (nSPS) is 19.4. The van der Waals surface area contributed by atoms with Crippen LogP contribution in [0.4, 0.5) is 13.2 Å². The van der Waals surface area contributed by atoms with E-state index in [-0.39, 0.29) is 5.75 Å². The Balaban J connectivity index is 1.99. The largest absolute Gasteiger partial charge is 0.495 e. The number of fused-ring (bicyclic) bond motifs is 1. The molecule has 0 aliphatic carbocycles. The Morgan fingerprint density at radius 1 is 0.920 bits per heavy atom. The van der Waals surface area contributed by atoms with Gasteiger partial charge in [-0.2, -0.15) is 13.2 Å². The molecule has 1 fully saturated rings. The molecule has 0 atom stereocenters. The molecule has 0 bridgehead atoms. The van der Waals surface area contributed by atoms with Crippen LogP contribution in [0.5, 0.6) is 5.75 Å². The summed E-state index contributed by atoms with van der Waals surface area (Å²) in [6, 6.07) is 10.4. The van der Waals surface area contributed by atoms with Gasteiger partial charge in [-0.25, -0.2) is 0 Å². The quantitative estimate of drug-likeness (QED) is 0.779. The molecule has 1 aliphatic heterocycles. The van der Waals surface area contributed by atoms with E-state index in [4.69, 9.17) is 14.0 Å². The highest BCUT2D eigenvalue weighted by Crippen LogP contribution is 2.37. The summed E-state index contributed by atoms with van der Waals surface area (Å²) in [4.78, 5) is 0. The van der Waals surface area contributed by atoms with Gasteiger partial charge in [0.25, 0.3) is 0 Å². The molecule has 0 spiro atoms. The summed E-state index contributed by atoms with van der Waals surface area (Å²) in [5, 5.41) is 1.35. The fourth-order valence-corrected chi connectivity index (χ4v) is 2.76. The summed E-state index contributed by atoms with van der Waals surface area (Å²) in [6.07, 6.45) is -4.38. The second-order valence-electron chi connectivity index (χ2n) is 7.19. The van der Waals surface area contributed by atoms with Crippen molar-refractivity contribution in [1.82, 2.24) is 0 Å². The van der Waals surface area contributed by atoms with Crippen LogP contribution in [0.25, 0.3) is 10.8 Å². The lowest BCUT2D eigenvalue weighted by molar-refractivity contribution is -0.153.